The molecule has 1 aliphatic rings. The Kier molecular flexibility index (Phi) is 12.2. The quantitative estimate of drug-likeness (QED) is 0.0445. The second kappa shape index (κ2) is 17.0. The highest BCUT2D eigenvalue weighted by Crippen LogP contribution is 2.50. The zero-order valence-corrected chi connectivity index (χ0v) is 30.7. The number of esters is 4. The van der Waals surface area contributed by atoms with Crippen LogP contribution < -0.4 is 18.9 Å². The molecule has 4 aromatic rings. The molecule has 0 heterocycles. The van der Waals surface area contributed by atoms with Crippen molar-refractivity contribution in [3.05, 3.63) is 131 Å². The van der Waals surface area contributed by atoms with Gasteiger partial charge in [0.05, 0.1) is 11.1 Å². The minimum atomic E-state index is -1.29. The molecule has 0 radical (unpaired) electrons. The summed E-state index contributed by atoms with van der Waals surface area (Å²) in [4.78, 5) is 72.4. The van der Waals surface area contributed by atoms with E-state index in [1.165, 1.54) is 26.0 Å². The molecule has 0 saturated carbocycles. The molecule has 0 amide bonds. The average Bonchev–Trinajstić information content (AvgIpc) is 3.36. The van der Waals surface area contributed by atoms with Crippen molar-refractivity contribution in [1.82, 2.24) is 0 Å². The molecular weight excluding hydrogens is 754 g/mol. The first-order valence-electron chi connectivity index (χ1n) is 16.6. The minimum absolute atomic E-state index is 0.0855. The Morgan fingerprint density at radius 1 is 0.526 bits per heavy atom. The van der Waals surface area contributed by atoms with Gasteiger partial charge >= 0.3 is 36.2 Å². The fourth-order valence-electron chi connectivity index (χ4n) is 5.36. The van der Waals surface area contributed by atoms with Crippen LogP contribution in [0.25, 0.3) is 11.1 Å². The van der Waals surface area contributed by atoms with Crippen molar-refractivity contribution in [3.63, 3.8) is 0 Å². The number of carbonyl (C=O) groups excluding carboxylic acids is 6. The molecule has 1 aliphatic carbocycles. The lowest BCUT2D eigenvalue weighted by Gasteiger charge is -2.22. The molecule has 4 aromatic carbocycles. The van der Waals surface area contributed by atoms with Crippen molar-refractivity contribution in [2.24, 2.45) is 0 Å². The zero-order chi connectivity index (χ0) is 41.6. The molecule has 0 N–H and O–H groups in total. The highest BCUT2D eigenvalue weighted by molar-refractivity contribution is 5.93. The van der Waals surface area contributed by atoms with Crippen LogP contribution in [0.3, 0.4) is 0 Å². The predicted molar refractivity (Wildman–Crippen MR) is 192 cm³/mol. The maximum Gasteiger partial charge on any atom is 0.516 e. The molecule has 0 aromatic heterocycles. The maximum atomic E-state index is 14.9. The van der Waals surface area contributed by atoms with Crippen LogP contribution in [0.2, 0.25) is 0 Å². The van der Waals surface area contributed by atoms with Crippen LogP contribution in [0.5, 0.6) is 23.0 Å². The van der Waals surface area contributed by atoms with Crippen LogP contribution in [0, 0.1) is 11.6 Å². The molecule has 0 saturated heterocycles. The number of fused-ring (bicyclic) bond motifs is 3. The zero-order valence-electron chi connectivity index (χ0n) is 30.7. The Morgan fingerprint density at radius 2 is 0.877 bits per heavy atom. The van der Waals surface area contributed by atoms with Crippen molar-refractivity contribution in [2.45, 2.75) is 33.1 Å². The third kappa shape index (κ3) is 9.66. The lowest BCUT2D eigenvalue weighted by atomic mass is 9.82. The first-order chi connectivity index (χ1) is 26.9. The van der Waals surface area contributed by atoms with Gasteiger partial charge in [0.25, 0.3) is 0 Å². The van der Waals surface area contributed by atoms with Gasteiger partial charge in [-0.05, 0) is 84.6 Å². The van der Waals surface area contributed by atoms with E-state index in [1.807, 2.05) is 13.8 Å². The number of hydrogen-bond donors (Lipinski definition) is 0. The standard InChI is InChI=1S/C41H32F2O14/c1-21(2)35(44)50-19-52-39(48)56-25-9-13-29(33(42)17-25)37(46)54-23-7-11-27-28-12-8-24(16-32(28)41(5,6)31(27)15-23)55-38(47)30-14-10-26(18-34(30)43)57-40(49)53-20-51-36(45)22(3)4/h7-18H,1,3,19-20H2,2,4-6H3. The predicted octanol–water partition coefficient (Wildman–Crippen LogP) is 7.89. The number of rotatable bonds is 12. The molecule has 0 atom stereocenters. The van der Waals surface area contributed by atoms with Crippen LogP contribution in [0.15, 0.2) is 97.1 Å². The Labute approximate surface area is 323 Å². The van der Waals surface area contributed by atoms with Gasteiger partial charge in [0.1, 0.15) is 34.6 Å². The van der Waals surface area contributed by atoms with E-state index >= 15 is 0 Å². The van der Waals surface area contributed by atoms with E-state index in [2.05, 4.69) is 32.1 Å². The minimum Gasteiger partial charge on any atom is -0.424 e. The third-order valence-corrected chi connectivity index (χ3v) is 8.19. The summed E-state index contributed by atoms with van der Waals surface area (Å²) in [5, 5.41) is 0. The fourth-order valence-corrected chi connectivity index (χ4v) is 5.36. The number of ether oxygens (including phenoxy) is 8. The van der Waals surface area contributed by atoms with E-state index in [-0.39, 0.29) is 34.1 Å². The summed E-state index contributed by atoms with van der Waals surface area (Å²) >= 11 is 0. The summed E-state index contributed by atoms with van der Waals surface area (Å²) in [6.07, 6.45) is -2.58. The van der Waals surface area contributed by atoms with Crippen molar-refractivity contribution in [1.29, 1.82) is 0 Å². The second-order valence-corrected chi connectivity index (χ2v) is 12.8. The number of carbonyl (C=O) groups is 6. The van der Waals surface area contributed by atoms with Gasteiger partial charge in [-0.2, -0.15) is 0 Å². The van der Waals surface area contributed by atoms with E-state index in [1.54, 1.807) is 24.3 Å². The number of halogens is 2. The highest BCUT2D eigenvalue weighted by atomic mass is 19.1. The largest absolute Gasteiger partial charge is 0.516 e. The molecule has 5 rings (SSSR count). The van der Waals surface area contributed by atoms with Gasteiger partial charge in [-0.25, -0.2) is 37.5 Å². The molecule has 0 bridgehead atoms. The van der Waals surface area contributed by atoms with Gasteiger partial charge in [0.2, 0.25) is 13.6 Å². The average molecular weight is 787 g/mol. The van der Waals surface area contributed by atoms with Crippen molar-refractivity contribution >= 4 is 36.2 Å². The SMILES string of the molecule is C=C(C)C(=O)OCOC(=O)Oc1ccc(C(=O)Oc2ccc3c(c2)C(C)(C)c2cc(OC(=O)c4ccc(OC(=O)OCOC(=O)C(=C)C)cc4F)ccc2-3)c(F)c1. The summed E-state index contributed by atoms with van der Waals surface area (Å²) in [6.45, 7) is 11.8. The summed E-state index contributed by atoms with van der Waals surface area (Å²) < 4.78 is 68.9. The monoisotopic (exact) mass is 786 g/mol. The summed E-state index contributed by atoms with van der Waals surface area (Å²) in [7, 11) is 0. The molecule has 0 unspecified atom stereocenters. The fraction of sp³-hybridized carbons (Fsp3) is 0.171. The highest BCUT2D eigenvalue weighted by Gasteiger charge is 2.36. The molecule has 16 heteroatoms. The summed E-state index contributed by atoms with van der Waals surface area (Å²) in [5.74, 6) is -6.16. The lowest BCUT2D eigenvalue weighted by Crippen LogP contribution is -2.17. The first-order valence-corrected chi connectivity index (χ1v) is 16.6. The number of hydrogen-bond acceptors (Lipinski definition) is 14. The molecule has 14 nitrogen and oxygen atoms in total. The third-order valence-electron chi connectivity index (χ3n) is 8.19. The van der Waals surface area contributed by atoms with E-state index in [0.29, 0.717) is 0 Å². The van der Waals surface area contributed by atoms with Crippen LogP contribution in [-0.2, 0) is 34.0 Å². The summed E-state index contributed by atoms with van der Waals surface area (Å²) in [5.41, 5.74) is 1.57. The number of benzene rings is 4. The smallest absolute Gasteiger partial charge is 0.424 e. The second-order valence-electron chi connectivity index (χ2n) is 12.8. The van der Waals surface area contributed by atoms with E-state index < -0.39 is 78.0 Å². The first kappa shape index (κ1) is 40.8. The summed E-state index contributed by atoms with van der Waals surface area (Å²) in [6, 6.07) is 15.7. The van der Waals surface area contributed by atoms with E-state index in [0.717, 1.165) is 58.7 Å². The molecule has 57 heavy (non-hydrogen) atoms. The van der Waals surface area contributed by atoms with Crippen molar-refractivity contribution < 1.29 is 75.4 Å². The van der Waals surface area contributed by atoms with Crippen molar-refractivity contribution in [3.8, 4) is 34.1 Å². The van der Waals surface area contributed by atoms with E-state index in [9.17, 15) is 37.5 Å². The Morgan fingerprint density at radius 3 is 1.23 bits per heavy atom. The van der Waals surface area contributed by atoms with Gasteiger partial charge in [-0.15, -0.1) is 0 Å². The van der Waals surface area contributed by atoms with Gasteiger partial charge < -0.3 is 37.9 Å². The Balaban J connectivity index is 1.20. The van der Waals surface area contributed by atoms with Gasteiger partial charge in [-0.3, -0.25) is 0 Å². The lowest BCUT2D eigenvalue weighted by molar-refractivity contribution is -0.148. The topological polar surface area (TPSA) is 176 Å². The van der Waals surface area contributed by atoms with Gasteiger partial charge in [0.15, 0.2) is 0 Å². The Hall–Kier alpha value is -7.36. The van der Waals surface area contributed by atoms with Crippen LogP contribution in [0.4, 0.5) is 18.4 Å². The van der Waals surface area contributed by atoms with Gasteiger partial charge in [-0.1, -0.05) is 39.1 Å². The van der Waals surface area contributed by atoms with Crippen LogP contribution in [0.1, 0.15) is 59.5 Å². The molecule has 0 aliphatic heterocycles. The Bertz CT molecular complexity index is 2180. The van der Waals surface area contributed by atoms with Crippen molar-refractivity contribution in [2.75, 3.05) is 13.6 Å². The van der Waals surface area contributed by atoms with Crippen LogP contribution in [-0.4, -0.2) is 49.8 Å². The molecule has 0 spiro atoms. The normalized spacial score (nSPS) is 11.8. The van der Waals surface area contributed by atoms with Gasteiger partial charge in [0, 0.05) is 28.7 Å². The molecule has 294 valence electrons. The maximum absolute atomic E-state index is 14.9. The van der Waals surface area contributed by atoms with Crippen LogP contribution >= 0.6 is 0 Å². The van der Waals surface area contributed by atoms with E-state index in [4.69, 9.17) is 18.9 Å². The molecule has 0 fully saturated rings. The molecular formula is C41H32F2O14.